The minimum absolute atomic E-state index is 0.313. The smallest absolute Gasteiger partial charge is 0.290 e. The number of ketones is 2. The minimum Gasteiger partial charge on any atom is -0.290 e. The number of nitrogens with zero attached hydrogens (tertiary/aromatic N) is 2. The van der Waals surface area contributed by atoms with Crippen molar-refractivity contribution in [2.45, 2.75) is 21.6 Å². The van der Waals surface area contributed by atoms with Crippen LogP contribution in [-0.2, 0) is 29.8 Å². The molecule has 2 rings (SSSR count). The molecule has 0 aliphatic heterocycles. The lowest BCUT2D eigenvalue weighted by atomic mass is 9.87. The monoisotopic (exact) mass is 624 g/mol. The molecule has 0 spiro atoms. The molecule has 2 aliphatic carbocycles. The zero-order chi connectivity index (χ0) is 27.7. The van der Waals surface area contributed by atoms with E-state index in [2.05, 4.69) is 0 Å². The summed E-state index contributed by atoms with van der Waals surface area (Å²) in [6.07, 6.45) is 5.68. The predicted molar refractivity (Wildman–Crippen MR) is 131 cm³/mol. The average Bonchev–Trinajstić information content (AvgIpc) is 2.70. The normalized spacial score (nSPS) is 28.2. The maximum atomic E-state index is 12.7. The zero-order valence-electron chi connectivity index (χ0n) is 17.3. The Morgan fingerprint density at radius 1 is 0.833 bits per heavy atom. The van der Waals surface area contributed by atoms with E-state index >= 15 is 0 Å². The van der Waals surface area contributed by atoms with Crippen LogP contribution in [0.15, 0.2) is 46.5 Å². The van der Waals surface area contributed by atoms with E-state index in [-0.39, 0.29) is 10.1 Å². The van der Waals surface area contributed by atoms with Gasteiger partial charge in [0.05, 0.1) is 0 Å². The molecule has 4 unspecified atom stereocenters. The molecule has 0 heterocycles. The average molecular weight is 625 g/mol. The van der Waals surface area contributed by atoms with Crippen molar-refractivity contribution in [3.63, 3.8) is 0 Å². The molecule has 4 atom stereocenters. The third-order valence-electron chi connectivity index (χ3n) is 4.83. The van der Waals surface area contributed by atoms with Gasteiger partial charge in [0.15, 0.2) is 0 Å². The Labute approximate surface area is 221 Å². The molecule has 0 aromatic rings. The standard InChI is InChI=1S/C16H14Cl2N2O12S4/c17-9-1-3-13(15(5-9,19(23)24)11(21)7-35(27,28)29)33-34-14-4-2-10(18)6-16(14,20(25)26)12(22)8-36(30,31)32/h1-6,13-14H,7-8H2,(H,27,28,29)(H,30,31,32). The van der Waals surface area contributed by atoms with Gasteiger partial charge in [-0.25, -0.2) is 0 Å². The van der Waals surface area contributed by atoms with Crippen LogP contribution in [0.1, 0.15) is 0 Å². The van der Waals surface area contributed by atoms with Crippen molar-refractivity contribution in [1.82, 2.24) is 0 Å². The van der Waals surface area contributed by atoms with Crippen molar-refractivity contribution in [3.8, 4) is 0 Å². The van der Waals surface area contributed by atoms with Gasteiger partial charge in [0.25, 0.3) is 20.2 Å². The van der Waals surface area contributed by atoms with Gasteiger partial charge in [0.2, 0.25) is 11.6 Å². The number of hydrogen-bond donors (Lipinski definition) is 2. The van der Waals surface area contributed by atoms with Gasteiger partial charge in [-0.2, -0.15) is 16.8 Å². The number of hydrogen-bond acceptors (Lipinski definition) is 12. The van der Waals surface area contributed by atoms with Gasteiger partial charge in [0, 0.05) is 32.1 Å². The summed E-state index contributed by atoms with van der Waals surface area (Å²) in [5.41, 5.74) is -5.66. The largest absolute Gasteiger partial charge is 0.316 e. The fraction of sp³-hybridized carbons (Fsp3) is 0.375. The molecule has 0 aromatic carbocycles. The molecule has 2 aliphatic rings. The summed E-state index contributed by atoms with van der Waals surface area (Å²) >= 11 is 11.6. The quantitative estimate of drug-likeness (QED) is 0.143. The lowest BCUT2D eigenvalue weighted by Gasteiger charge is -2.32. The van der Waals surface area contributed by atoms with Gasteiger partial charge >= 0.3 is 11.1 Å². The lowest BCUT2D eigenvalue weighted by molar-refractivity contribution is -0.535. The molecule has 198 valence electrons. The Balaban J connectivity index is 2.51. The van der Waals surface area contributed by atoms with Crippen LogP contribution in [0.25, 0.3) is 0 Å². The molecular weight excluding hydrogens is 611 g/mol. The molecule has 0 bridgehead atoms. The van der Waals surface area contributed by atoms with Crippen molar-refractivity contribution in [2.24, 2.45) is 0 Å². The van der Waals surface area contributed by atoms with Crippen LogP contribution in [-0.4, -0.2) is 80.4 Å². The summed E-state index contributed by atoms with van der Waals surface area (Å²) in [4.78, 5) is 47.1. The summed E-state index contributed by atoms with van der Waals surface area (Å²) in [5, 5.41) is 20.3. The van der Waals surface area contributed by atoms with Crippen LogP contribution in [0.4, 0.5) is 0 Å². The molecule has 14 nitrogen and oxygen atoms in total. The molecule has 0 saturated heterocycles. The predicted octanol–water partition coefficient (Wildman–Crippen LogP) is 1.43. The molecular formula is C16H14Cl2N2O12S4. The third kappa shape index (κ3) is 6.55. The van der Waals surface area contributed by atoms with Gasteiger partial charge in [-0.05, 0) is 12.2 Å². The SMILES string of the molecule is O=C(CS(=O)(=O)O)C1([N+](=O)[O-])C=C(Cl)C=CC1SSC1C=CC(Cl)=CC1(C(=O)CS(=O)(=O)O)[N+](=O)[O-]. The van der Waals surface area contributed by atoms with E-state index in [1.54, 1.807) is 0 Å². The molecule has 0 fully saturated rings. The summed E-state index contributed by atoms with van der Waals surface area (Å²) < 4.78 is 63.1. The number of rotatable bonds is 11. The Morgan fingerprint density at radius 3 is 1.39 bits per heavy atom. The first-order valence-corrected chi connectivity index (χ1v) is 15.3. The fourth-order valence-corrected chi connectivity index (χ4v) is 8.20. The molecule has 0 aromatic heterocycles. The lowest BCUT2D eigenvalue weighted by Crippen LogP contribution is -2.56. The van der Waals surface area contributed by atoms with E-state index in [4.69, 9.17) is 32.3 Å². The van der Waals surface area contributed by atoms with E-state index in [1.165, 1.54) is 0 Å². The number of halogens is 2. The zero-order valence-corrected chi connectivity index (χ0v) is 22.1. The Kier molecular flexibility index (Phi) is 9.21. The molecule has 0 amide bonds. The first-order valence-electron chi connectivity index (χ1n) is 9.06. The van der Waals surface area contributed by atoms with E-state index in [0.29, 0.717) is 33.7 Å². The molecule has 36 heavy (non-hydrogen) atoms. The molecule has 0 radical (unpaired) electrons. The molecule has 20 heteroatoms. The number of nitro groups is 2. The Morgan fingerprint density at radius 2 is 1.14 bits per heavy atom. The Hall–Kier alpha value is -1.80. The summed E-state index contributed by atoms with van der Waals surface area (Å²) in [6, 6.07) is 0. The Bertz CT molecular complexity index is 1240. The first kappa shape index (κ1) is 30.4. The van der Waals surface area contributed by atoms with E-state index < -0.39 is 74.7 Å². The minimum atomic E-state index is -5.00. The van der Waals surface area contributed by atoms with E-state index in [9.17, 15) is 46.7 Å². The highest BCUT2D eigenvalue weighted by atomic mass is 35.5. The fourth-order valence-electron chi connectivity index (χ4n) is 3.22. The van der Waals surface area contributed by atoms with Crippen LogP contribution in [0.3, 0.4) is 0 Å². The number of allylic oxidation sites excluding steroid dienone is 4. The van der Waals surface area contributed by atoms with Gasteiger partial charge in [-0.15, -0.1) is 0 Å². The van der Waals surface area contributed by atoms with Crippen molar-refractivity contribution in [3.05, 3.63) is 66.7 Å². The second-order valence-electron chi connectivity index (χ2n) is 7.27. The van der Waals surface area contributed by atoms with E-state index in [0.717, 1.165) is 24.3 Å². The van der Waals surface area contributed by atoms with Crippen LogP contribution < -0.4 is 0 Å². The van der Waals surface area contributed by atoms with Gasteiger partial charge in [-0.3, -0.25) is 38.9 Å². The second kappa shape index (κ2) is 10.9. The van der Waals surface area contributed by atoms with Crippen LogP contribution in [0.2, 0.25) is 0 Å². The van der Waals surface area contributed by atoms with E-state index in [1.807, 2.05) is 0 Å². The van der Waals surface area contributed by atoms with Crippen molar-refractivity contribution >= 4 is 76.6 Å². The number of Topliss-reactive ketones (excluding diaryl/α,β-unsaturated/α-hetero) is 2. The number of carbonyl (C=O) groups excluding carboxylic acids is 2. The topological polar surface area (TPSA) is 229 Å². The summed E-state index contributed by atoms with van der Waals surface area (Å²) in [6.45, 7) is 0. The summed E-state index contributed by atoms with van der Waals surface area (Å²) in [5.74, 6) is -6.42. The maximum Gasteiger partial charge on any atom is 0.316 e. The van der Waals surface area contributed by atoms with Crippen molar-refractivity contribution in [1.29, 1.82) is 0 Å². The highest BCUT2D eigenvalue weighted by Gasteiger charge is 2.60. The number of carbonyl (C=O) groups is 2. The third-order valence-corrected chi connectivity index (χ3v) is 9.69. The highest BCUT2D eigenvalue weighted by Crippen LogP contribution is 2.47. The van der Waals surface area contributed by atoms with Gasteiger partial charge in [0.1, 0.15) is 22.0 Å². The maximum absolute atomic E-state index is 12.7. The summed E-state index contributed by atoms with van der Waals surface area (Å²) in [7, 11) is -9.11. The van der Waals surface area contributed by atoms with Crippen LogP contribution >= 0.6 is 44.8 Å². The highest BCUT2D eigenvalue weighted by molar-refractivity contribution is 8.77. The van der Waals surface area contributed by atoms with Gasteiger partial charge in [-0.1, -0.05) is 56.9 Å². The van der Waals surface area contributed by atoms with Gasteiger partial charge < -0.3 is 0 Å². The molecule has 0 saturated carbocycles. The van der Waals surface area contributed by atoms with Crippen LogP contribution in [0.5, 0.6) is 0 Å². The second-order valence-corrected chi connectivity index (χ2v) is 13.6. The van der Waals surface area contributed by atoms with Crippen molar-refractivity contribution in [2.75, 3.05) is 11.5 Å². The first-order chi connectivity index (χ1) is 16.3. The van der Waals surface area contributed by atoms with Crippen molar-refractivity contribution < 1.29 is 45.4 Å². The molecule has 2 N–H and O–H groups in total. The van der Waals surface area contributed by atoms with Crippen LogP contribution in [0, 0.1) is 20.2 Å².